The first-order valence-electron chi connectivity index (χ1n) is 12.1. The van der Waals surface area contributed by atoms with Crippen LogP contribution in [0.5, 0.6) is 11.5 Å². The molecule has 3 aromatic carbocycles. The van der Waals surface area contributed by atoms with Crippen molar-refractivity contribution in [3.63, 3.8) is 0 Å². The number of carbonyl (C=O) groups is 2. The lowest BCUT2D eigenvalue weighted by atomic mass is 10.1. The number of amides is 1. The van der Waals surface area contributed by atoms with Crippen LogP contribution >= 0.6 is 0 Å². The summed E-state index contributed by atoms with van der Waals surface area (Å²) in [7, 11) is 0. The van der Waals surface area contributed by atoms with E-state index in [4.69, 9.17) is 13.9 Å². The van der Waals surface area contributed by atoms with E-state index in [1.165, 1.54) is 12.1 Å². The zero-order chi connectivity index (χ0) is 26.4. The average Bonchev–Trinajstić information content (AvgIpc) is 2.87. The van der Waals surface area contributed by atoms with Crippen molar-refractivity contribution in [1.29, 1.82) is 0 Å². The molecule has 190 valence electrons. The van der Waals surface area contributed by atoms with Crippen molar-refractivity contribution in [1.82, 2.24) is 5.32 Å². The van der Waals surface area contributed by atoms with Gasteiger partial charge in [-0.1, -0.05) is 48.0 Å². The molecule has 1 heterocycles. The van der Waals surface area contributed by atoms with Crippen LogP contribution < -0.4 is 20.4 Å². The van der Waals surface area contributed by atoms with Gasteiger partial charge in [0, 0.05) is 17.9 Å². The zero-order valence-corrected chi connectivity index (χ0v) is 21.1. The van der Waals surface area contributed by atoms with Crippen LogP contribution in [-0.4, -0.2) is 18.5 Å². The van der Waals surface area contributed by atoms with Crippen LogP contribution in [-0.2, 0) is 4.79 Å². The van der Waals surface area contributed by atoms with Crippen molar-refractivity contribution in [3.05, 3.63) is 105 Å². The van der Waals surface area contributed by atoms with Crippen LogP contribution in [0.25, 0.3) is 11.0 Å². The van der Waals surface area contributed by atoms with Gasteiger partial charge in [-0.05, 0) is 62.6 Å². The number of hydrogen-bond donors (Lipinski definition) is 1. The van der Waals surface area contributed by atoms with Gasteiger partial charge in [0.1, 0.15) is 22.6 Å². The van der Waals surface area contributed by atoms with Crippen LogP contribution in [0.3, 0.4) is 0 Å². The Kier molecular flexibility index (Phi) is 8.03. The highest BCUT2D eigenvalue weighted by atomic mass is 16.5. The predicted octanol–water partition coefficient (Wildman–Crippen LogP) is 5.67. The first kappa shape index (κ1) is 25.7. The maximum absolute atomic E-state index is 12.7. The molecule has 0 aliphatic rings. The molecule has 0 aliphatic heterocycles. The largest absolute Gasteiger partial charge is 0.493 e. The second kappa shape index (κ2) is 11.6. The molecule has 0 aliphatic carbocycles. The summed E-state index contributed by atoms with van der Waals surface area (Å²) in [6.45, 7) is 6.23. The molecule has 0 saturated carbocycles. The van der Waals surface area contributed by atoms with Gasteiger partial charge in [0.2, 0.25) is 0 Å². The van der Waals surface area contributed by atoms with Gasteiger partial charge in [0.15, 0.2) is 0 Å². The molecular formula is C30H29NO6. The minimum atomic E-state index is -0.766. The van der Waals surface area contributed by atoms with Crippen molar-refractivity contribution < 1.29 is 23.5 Å². The van der Waals surface area contributed by atoms with Crippen LogP contribution in [0.15, 0.2) is 82.0 Å². The summed E-state index contributed by atoms with van der Waals surface area (Å²) in [6, 6.07) is 21.3. The number of ether oxygens (including phenoxy) is 2. The number of carbonyl (C=O) groups excluding carboxylic acids is 2. The molecule has 1 aromatic heterocycles. The second-order valence-corrected chi connectivity index (χ2v) is 8.95. The Labute approximate surface area is 215 Å². The van der Waals surface area contributed by atoms with Gasteiger partial charge in [0.25, 0.3) is 5.91 Å². The van der Waals surface area contributed by atoms with Crippen molar-refractivity contribution in [2.45, 2.75) is 39.7 Å². The highest BCUT2D eigenvalue weighted by Gasteiger charge is 2.17. The minimum absolute atomic E-state index is 0.0937. The van der Waals surface area contributed by atoms with E-state index in [-0.39, 0.29) is 29.4 Å². The van der Waals surface area contributed by atoms with Gasteiger partial charge in [-0.25, -0.2) is 4.79 Å². The molecule has 1 unspecified atom stereocenters. The molecule has 37 heavy (non-hydrogen) atoms. The molecule has 7 nitrogen and oxygen atoms in total. The standard InChI is InChI=1S/C30H29NO6/c1-19-11-14-26(20(2)16-19)35-15-7-10-28(32)36-24-13-12-23-17-25(30(34)37-27(23)18-24)29(33)31-21(3)22-8-5-4-6-9-22/h4-6,8-9,11-14,16-18,21H,7,10,15H2,1-3H3,(H,31,33). The van der Waals surface area contributed by atoms with E-state index in [0.717, 1.165) is 22.4 Å². The average molecular weight is 500 g/mol. The van der Waals surface area contributed by atoms with Gasteiger partial charge < -0.3 is 19.2 Å². The van der Waals surface area contributed by atoms with Gasteiger partial charge in [-0.2, -0.15) is 0 Å². The summed E-state index contributed by atoms with van der Waals surface area (Å²) in [6.07, 6.45) is 0.667. The van der Waals surface area contributed by atoms with E-state index < -0.39 is 17.5 Å². The van der Waals surface area contributed by atoms with E-state index in [9.17, 15) is 14.4 Å². The van der Waals surface area contributed by atoms with Crippen molar-refractivity contribution in [2.24, 2.45) is 0 Å². The topological polar surface area (TPSA) is 94.8 Å². The lowest BCUT2D eigenvalue weighted by molar-refractivity contribution is -0.134. The van der Waals surface area contributed by atoms with E-state index in [0.29, 0.717) is 18.4 Å². The molecule has 0 saturated heterocycles. The molecule has 1 amide bonds. The fourth-order valence-electron chi connectivity index (χ4n) is 3.96. The highest BCUT2D eigenvalue weighted by Crippen LogP contribution is 2.22. The number of rotatable bonds is 9. The SMILES string of the molecule is Cc1ccc(OCCCC(=O)Oc2ccc3cc(C(=O)NC(C)c4ccccc4)c(=O)oc3c2)c(C)c1. The Morgan fingerprint density at radius 1 is 0.973 bits per heavy atom. The Morgan fingerprint density at radius 2 is 1.76 bits per heavy atom. The number of fused-ring (bicyclic) bond motifs is 1. The number of hydrogen-bond acceptors (Lipinski definition) is 6. The molecule has 1 atom stereocenters. The van der Waals surface area contributed by atoms with E-state index in [1.807, 2.05) is 69.3 Å². The van der Waals surface area contributed by atoms with Crippen LogP contribution in [0, 0.1) is 13.8 Å². The molecule has 0 bridgehead atoms. The molecule has 0 radical (unpaired) electrons. The summed E-state index contributed by atoms with van der Waals surface area (Å²) in [5, 5.41) is 3.36. The Bertz CT molecular complexity index is 1470. The summed E-state index contributed by atoms with van der Waals surface area (Å²) >= 11 is 0. The van der Waals surface area contributed by atoms with Crippen molar-refractivity contribution in [2.75, 3.05) is 6.61 Å². The zero-order valence-electron chi connectivity index (χ0n) is 21.1. The van der Waals surface area contributed by atoms with E-state index >= 15 is 0 Å². The van der Waals surface area contributed by atoms with Crippen molar-refractivity contribution in [3.8, 4) is 11.5 Å². The summed E-state index contributed by atoms with van der Waals surface area (Å²) in [5.41, 5.74) is 2.50. The lowest BCUT2D eigenvalue weighted by Crippen LogP contribution is -2.30. The summed E-state index contributed by atoms with van der Waals surface area (Å²) < 4.78 is 16.5. The molecule has 7 heteroatoms. The summed E-state index contributed by atoms with van der Waals surface area (Å²) in [5.74, 6) is 0.110. The fraction of sp³-hybridized carbons (Fsp3) is 0.233. The Balaban J connectivity index is 1.34. The minimum Gasteiger partial charge on any atom is -0.493 e. The smallest absolute Gasteiger partial charge is 0.349 e. The molecule has 0 fully saturated rings. The third-order valence-electron chi connectivity index (χ3n) is 5.94. The molecule has 4 aromatic rings. The Morgan fingerprint density at radius 3 is 2.51 bits per heavy atom. The number of benzene rings is 3. The van der Waals surface area contributed by atoms with Gasteiger partial charge in [0.05, 0.1) is 12.6 Å². The summed E-state index contributed by atoms with van der Waals surface area (Å²) in [4.78, 5) is 37.5. The van der Waals surface area contributed by atoms with E-state index in [2.05, 4.69) is 5.32 Å². The van der Waals surface area contributed by atoms with E-state index in [1.54, 1.807) is 12.1 Å². The quantitative estimate of drug-likeness (QED) is 0.138. The Hall–Kier alpha value is -4.39. The first-order valence-corrected chi connectivity index (χ1v) is 12.1. The monoisotopic (exact) mass is 499 g/mol. The normalized spacial score (nSPS) is 11.6. The van der Waals surface area contributed by atoms with Crippen molar-refractivity contribution >= 4 is 22.8 Å². The first-order chi connectivity index (χ1) is 17.8. The maximum Gasteiger partial charge on any atom is 0.349 e. The molecule has 1 N–H and O–H groups in total. The van der Waals surface area contributed by atoms with Crippen LogP contribution in [0.1, 0.15) is 52.9 Å². The third kappa shape index (κ3) is 6.64. The molecule has 0 spiro atoms. The molecule has 4 rings (SSSR count). The molecular weight excluding hydrogens is 470 g/mol. The fourth-order valence-corrected chi connectivity index (χ4v) is 3.96. The number of aryl methyl sites for hydroxylation is 2. The van der Waals surface area contributed by atoms with Crippen LogP contribution in [0.2, 0.25) is 0 Å². The van der Waals surface area contributed by atoms with Gasteiger partial charge >= 0.3 is 11.6 Å². The lowest BCUT2D eigenvalue weighted by Gasteiger charge is -2.14. The second-order valence-electron chi connectivity index (χ2n) is 8.95. The van der Waals surface area contributed by atoms with Crippen LogP contribution in [0.4, 0.5) is 0 Å². The number of esters is 1. The number of nitrogens with one attached hydrogen (secondary N) is 1. The third-order valence-corrected chi connectivity index (χ3v) is 5.94. The predicted molar refractivity (Wildman–Crippen MR) is 141 cm³/mol. The van der Waals surface area contributed by atoms with Gasteiger partial charge in [-0.3, -0.25) is 9.59 Å². The maximum atomic E-state index is 12.7. The van der Waals surface area contributed by atoms with Gasteiger partial charge in [-0.15, -0.1) is 0 Å². The highest BCUT2D eigenvalue weighted by molar-refractivity contribution is 5.97.